The molecule has 3 rings (SSSR count). The van der Waals surface area contributed by atoms with Crippen molar-refractivity contribution in [1.29, 1.82) is 0 Å². The van der Waals surface area contributed by atoms with E-state index < -0.39 is 11.4 Å². The van der Waals surface area contributed by atoms with Crippen LogP contribution in [0, 0.1) is 6.92 Å². The normalized spacial score (nSPS) is 19.2. The molecule has 0 saturated heterocycles. The summed E-state index contributed by atoms with van der Waals surface area (Å²) in [6.45, 7) is 2.10. The van der Waals surface area contributed by atoms with E-state index in [4.69, 9.17) is 9.47 Å². The highest BCUT2D eigenvalue weighted by Gasteiger charge is 2.53. The van der Waals surface area contributed by atoms with Crippen LogP contribution >= 0.6 is 15.9 Å². The zero-order valence-corrected chi connectivity index (χ0v) is 10.8. The van der Waals surface area contributed by atoms with Crippen molar-refractivity contribution in [3.63, 3.8) is 0 Å². The summed E-state index contributed by atoms with van der Waals surface area (Å²) in [5.74, 6) is 0.545. The van der Waals surface area contributed by atoms with Crippen molar-refractivity contribution in [3.05, 3.63) is 21.7 Å². The molecular weight excluding hydrogens is 288 g/mol. The lowest BCUT2D eigenvalue weighted by molar-refractivity contribution is -0.140. The minimum absolute atomic E-state index is 0.191. The molecule has 1 saturated carbocycles. The number of fused-ring (bicyclic) bond motifs is 1. The van der Waals surface area contributed by atoms with Crippen molar-refractivity contribution in [3.8, 4) is 11.5 Å². The van der Waals surface area contributed by atoms with Crippen LogP contribution in [-0.4, -0.2) is 17.9 Å². The first kappa shape index (κ1) is 10.9. The van der Waals surface area contributed by atoms with E-state index in [0.29, 0.717) is 24.3 Å². The summed E-state index contributed by atoms with van der Waals surface area (Å²) in [5, 5.41) is 9.33. The molecule has 0 atom stereocenters. The molecule has 17 heavy (non-hydrogen) atoms. The number of halogens is 1. The third-order valence-corrected chi connectivity index (χ3v) is 4.48. The summed E-state index contributed by atoms with van der Waals surface area (Å²) in [6.07, 6.45) is 1.38. The van der Waals surface area contributed by atoms with Crippen LogP contribution in [0.15, 0.2) is 10.5 Å². The molecule has 0 amide bonds. The topological polar surface area (TPSA) is 55.8 Å². The molecule has 1 heterocycles. The van der Waals surface area contributed by atoms with Gasteiger partial charge in [-0.1, -0.05) is 0 Å². The molecule has 4 nitrogen and oxygen atoms in total. The van der Waals surface area contributed by atoms with E-state index in [0.717, 1.165) is 15.6 Å². The maximum Gasteiger partial charge on any atom is 0.314 e. The summed E-state index contributed by atoms with van der Waals surface area (Å²) < 4.78 is 11.5. The van der Waals surface area contributed by atoms with Gasteiger partial charge in [0.05, 0.1) is 9.89 Å². The fourth-order valence-electron chi connectivity index (χ4n) is 2.32. The van der Waals surface area contributed by atoms with Crippen LogP contribution in [0.25, 0.3) is 0 Å². The number of carboxylic acids is 1. The predicted molar refractivity (Wildman–Crippen MR) is 63.5 cm³/mol. The zero-order chi connectivity index (χ0) is 12.2. The van der Waals surface area contributed by atoms with Gasteiger partial charge in [0, 0.05) is 0 Å². The van der Waals surface area contributed by atoms with E-state index in [2.05, 4.69) is 15.9 Å². The second-order valence-electron chi connectivity index (χ2n) is 4.48. The minimum atomic E-state index is -0.758. The van der Waals surface area contributed by atoms with Gasteiger partial charge >= 0.3 is 5.97 Å². The number of carboxylic acid groups (broad SMARTS) is 1. The molecule has 1 N–H and O–H groups in total. The van der Waals surface area contributed by atoms with Crippen molar-refractivity contribution < 1.29 is 19.4 Å². The second kappa shape index (κ2) is 3.38. The molecule has 0 unspecified atom stereocenters. The fraction of sp³-hybridized carbons (Fsp3) is 0.417. The quantitative estimate of drug-likeness (QED) is 0.912. The van der Waals surface area contributed by atoms with Crippen molar-refractivity contribution in [2.75, 3.05) is 6.79 Å². The van der Waals surface area contributed by atoms with Crippen LogP contribution in [0.5, 0.6) is 11.5 Å². The zero-order valence-electron chi connectivity index (χ0n) is 9.25. The Kier molecular flexibility index (Phi) is 2.17. The Morgan fingerprint density at radius 1 is 1.47 bits per heavy atom. The molecule has 0 radical (unpaired) electrons. The molecule has 1 aromatic carbocycles. The standard InChI is InChI=1S/C12H11BrO4/c1-6-7(12(2-3-12)11(14)15)4-8-10(9(6)13)17-5-16-8/h4H,2-3,5H2,1H3,(H,14,15). The summed E-state index contributed by atoms with van der Waals surface area (Å²) in [5.41, 5.74) is 1.04. The van der Waals surface area contributed by atoms with Gasteiger partial charge in [0.25, 0.3) is 0 Å². The van der Waals surface area contributed by atoms with Gasteiger partial charge in [-0.3, -0.25) is 4.79 Å². The molecule has 1 fully saturated rings. The smallest absolute Gasteiger partial charge is 0.314 e. The number of ether oxygens (including phenoxy) is 2. The number of hydrogen-bond donors (Lipinski definition) is 1. The average Bonchev–Trinajstić information content (AvgIpc) is 2.97. The van der Waals surface area contributed by atoms with E-state index in [1.54, 1.807) is 0 Å². The van der Waals surface area contributed by atoms with Gasteiger partial charge < -0.3 is 14.6 Å². The average molecular weight is 299 g/mol. The molecule has 1 aliphatic heterocycles. The number of carbonyl (C=O) groups is 1. The van der Waals surface area contributed by atoms with Crippen LogP contribution in [0.4, 0.5) is 0 Å². The van der Waals surface area contributed by atoms with E-state index in [9.17, 15) is 9.90 Å². The molecule has 5 heteroatoms. The van der Waals surface area contributed by atoms with E-state index >= 15 is 0 Å². The highest BCUT2D eigenvalue weighted by molar-refractivity contribution is 9.10. The van der Waals surface area contributed by atoms with Gasteiger partial charge in [-0.25, -0.2) is 0 Å². The fourth-order valence-corrected chi connectivity index (χ4v) is 2.84. The first-order valence-corrected chi connectivity index (χ1v) is 6.18. The van der Waals surface area contributed by atoms with Gasteiger partial charge in [0.1, 0.15) is 0 Å². The number of rotatable bonds is 2. The third kappa shape index (κ3) is 1.38. The summed E-state index contributed by atoms with van der Waals surface area (Å²) in [7, 11) is 0. The molecule has 0 spiro atoms. The Morgan fingerprint density at radius 2 is 2.18 bits per heavy atom. The number of aliphatic carboxylic acids is 1. The van der Waals surface area contributed by atoms with Crippen molar-refractivity contribution >= 4 is 21.9 Å². The van der Waals surface area contributed by atoms with Gasteiger partial charge in [-0.05, 0) is 52.9 Å². The Bertz CT molecular complexity index is 520. The van der Waals surface area contributed by atoms with Gasteiger partial charge in [0.15, 0.2) is 11.5 Å². The molecule has 90 valence electrons. The number of benzene rings is 1. The molecule has 0 aromatic heterocycles. The SMILES string of the molecule is Cc1c(C2(C(=O)O)CC2)cc2c(c1Br)OCO2. The van der Waals surface area contributed by atoms with Crippen LogP contribution in [0.1, 0.15) is 24.0 Å². The highest BCUT2D eigenvalue weighted by Crippen LogP contribution is 2.54. The largest absolute Gasteiger partial charge is 0.481 e. The second-order valence-corrected chi connectivity index (χ2v) is 5.28. The summed E-state index contributed by atoms with van der Waals surface area (Å²) >= 11 is 3.45. The molecule has 2 aliphatic rings. The predicted octanol–water partition coefficient (Wildman–Crippen LogP) is 2.60. The van der Waals surface area contributed by atoms with Gasteiger partial charge in [-0.2, -0.15) is 0 Å². The van der Waals surface area contributed by atoms with E-state index in [1.807, 2.05) is 13.0 Å². The highest BCUT2D eigenvalue weighted by atomic mass is 79.9. The van der Waals surface area contributed by atoms with Crippen molar-refractivity contribution in [1.82, 2.24) is 0 Å². The van der Waals surface area contributed by atoms with Crippen LogP contribution < -0.4 is 9.47 Å². The van der Waals surface area contributed by atoms with Gasteiger partial charge in [-0.15, -0.1) is 0 Å². The van der Waals surface area contributed by atoms with Crippen molar-refractivity contribution in [2.24, 2.45) is 0 Å². The lowest BCUT2D eigenvalue weighted by Crippen LogP contribution is -2.20. The number of hydrogen-bond acceptors (Lipinski definition) is 3. The van der Waals surface area contributed by atoms with Crippen LogP contribution in [0.3, 0.4) is 0 Å². The first-order chi connectivity index (χ1) is 8.06. The molecule has 1 aliphatic carbocycles. The minimum Gasteiger partial charge on any atom is -0.481 e. The Labute approximate surface area is 107 Å². The van der Waals surface area contributed by atoms with Crippen molar-refractivity contribution in [2.45, 2.75) is 25.2 Å². The summed E-state index contributed by atoms with van der Waals surface area (Å²) in [6, 6.07) is 1.81. The lowest BCUT2D eigenvalue weighted by Gasteiger charge is -2.16. The monoisotopic (exact) mass is 298 g/mol. The third-order valence-electron chi connectivity index (χ3n) is 3.52. The lowest BCUT2D eigenvalue weighted by atomic mass is 9.91. The van der Waals surface area contributed by atoms with Gasteiger partial charge in [0.2, 0.25) is 6.79 Å². The summed E-state index contributed by atoms with van der Waals surface area (Å²) in [4.78, 5) is 11.4. The van der Waals surface area contributed by atoms with E-state index in [-0.39, 0.29) is 6.79 Å². The first-order valence-electron chi connectivity index (χ1n) is 5.39. The van der Waals surface area contributed by atoms with Crippen LogP contribution in [0.2, 0.25) is 0 Å². The molecule has 0 bridgehead atoms. The molecule has 1 aromatic rings. The maximum atomic E-state index is 11.4. The Morgan fingerprint density at radius 3 is 2.76 bits per heavy atom. The Balaban J connectivity index is 2.19. The Hall–Kier alpha value is -1.23. The van der Waals surface area contributed by atoms with Crippen LogP contribution in [-0.2, 0) is 10.2 Å². The van der Waals surface area contributed by atoms with E-state index in [1.165, 1.54) is 0 Å². The molecular formula is C12H11BrO4. The maximum absolute atomic E-state index is 11.4.